The lowest BCUT2D eigenvalue weighted by Gasteiger charge is -2.03. The first kappa shape index (κ1) is 16.4. The summed E-state index contributed by atoms with van der Waals surface area (Å²) in [6.07, 6.45) is 1.65. The number of hydrogen-bond donors (Lipinski definition) is 1. The number of halogens is 2. The van der Waals surface area contributed by atoms with Crippen molar-refractivity contribution < 1.29 is 13.2 Å². The number of carbonyl (C=O) groups excluding carboxylic acids is 1. The van der Waals surface area contributed by atoms with Crippen molar-refractivity contribution in [1.82, 2.24) is 4.72 Å². The first-order chi connectivity index (χ1) is 7.37. The zero-order valence-electron chi connectivity index (χ0n) is 9.14. The Balaban J connectivity index is 0.00000256. The van der Waals surface area contributed by atoms with Crippen LogP contribution in [0.1, 0.15) is 12.0 Å². The smallest absolute Gasteiger partial charge is 0.233 e. The Labute approximate surface area is 115 Å². The van der Waals surface area contributed by atoms with Gasteiger partial charge in [-0.25, -0.2) is 8.42 Å². The number of carbonyl (C=O) groups is 1. The van der Waals surface area contributed by atoms with Gasteiger partial charge in [-0.3, -0.25) is 9.52 Å². The van der Waals surface area contributed by atoms with Crippen molar-refractivity contribution in [3.05, 3.63) is 34.3 Å². The molecule has 0 aliphatic heterocycles. The van der Waals surface area contributed by atoms with E-state index in [1.54, 1.807) is 0 Å². The Morgan fingerprint density at radius 3 is 2.29 bits per heavy atom. The molecule has 1 amide bonds. The summed E-state index contributed by atoms with van der Waals surface area (Å²) < 4.78 is 24.4. The second kappa shape index (κ2) is 6.98. The van der Waals surface area contributed by atoms with Gasteiger partial charge in [-0.2, -0.15) is 0 Å². The maximum atomic E-state index is 11.2. The highest BCUT2D eigenvalue weighted by molar-refractivity contribution is 9.10. The molecule has 0 spiro atoms. The largest absolute Gasteiger partial charge is 0.274 e. The van der Waals surface area contributed by atoms with E-state index in [-0.39, 0.29) is 18.8 Å². The van der Waals surface area contributed by atoms with Gasteiger partial charge in [0.25, 0.3) is 0 Å². The van der Waals surface area contributed by atoms with Crippen LogP contribution in [0.15, 0.2) is 28.7 Å². The predicted octanol–water partition coefficient (Wildman–Crippen LogP) is 1.88. The van der Waals surface area contributed by atoms with Gasteiger partial charge in [-0.1, -0.05) is 28.1 Å². The minimum Gasteiger partial charge on any atom is -0.274 e. The maximum absolute atomic E-state index is 11.2. The normalized spacial score (nSPS) is 10.5. The molecule has 1 aromatic rings. The van der Waals surface area contributed by atoms with Crippen LogP contribution in [0.4, 0.5) is 0 Å². The van der Waals surface area contributed by atoms with E-state index in [1.165, 1.54) is 0 Å². The summed E-state index contributed by atoms with van der Waals surface area (Å²) in [5.74, 6) is -0.481. The summed E-state index contributed by atoms with van der Waals surface area (Å²) >= 11 is 3.31. The lowest BCUT2D eigenvalue weighted by Crippen LogP contribution is -2.29. The average Bonchev–Trinajstić information content (AvgIpc) is 2.14. The minimum atomic E-state index is -3.44. The molecule has 17 heavy (non-hydrogen) atoms. The monoisotopic (exact) mass is 341 g/mol. The molecule has 0 fully saturated rings. The Morgan fingerprint density at radius 1 is 1.29 bits per heavy atom. The summed E-state index contributed by atoms with van der Waals surface area (Å²) in [6.45, 7) is 0. The third kappa shape index (κ3) is 7.36. The van der Waals surface area contributed by atoms with E-state index >= 15 is 0 Å². The molecule has 0 saturated carbocycles. The quantitative estimate of drug-likeness (QED) is 0.908. The minimum absolute atomic E-state index is 0. The van der Waals surface area contributed by atoms with E-state index in [0.717, 1.165) is 16.3 Å². The molecule has 1 rings (SSSR count). The molecule has 0 unspecified atom stereocenters. The van der Waals surface area contributed by atoms with Crippen molar-refractivity contribution in [2.75, 3.05) is 6.26 Å². The number of nitrogens with one attached hydrogen (secondary N) is 1. The number of sulfonamides is 1. The molecule has 0 aliphatic rings. The van der Waals surface area contributed by atoms with Crippen LogP contribution in [0, 0.1) is 0 Å². The number of amides is 1. The highest BCUT2D eigenvalue weighted by atomic mass is 79.9. The molecule has 96 valence electrons. The van der Waals surface area contributed by atoms with Crippen LogP contribution in [0.25, 0.3) is 0 Å². The van der Waals surface area contributed by atoms with Crippen molar-refractivity contribution in [3.63, 3.8) is 0 Å². The zero-order valence-corrected chi connectivity index (χ0v) is 12.4. The molecule has 0 heterocycles. The molecule has 1 aromatic carbocycles. The Bertz CT molecular complexity index is 473. The molecule has 0 saturated heterocycles. The third-order valence-electron chi connectivity index (χ3n) is 1.85. The van der Waals surface area contributed by atoms with Crippen molar-refractivity contribution in [1.29, 1.82) is 0 Å². The molecule has 7 heteroatoms. The molecule has 0 bridgehead atoms. The molecular formula is C10H13BrClNO3S. The van der Waals surface area contributed by atoms with Gasteiger partial charge in [0, 0.05) is 10.9 Å². The SMILES string of the molecule is CS(=O)(=O)NC(=O)CCc1ccc(Br)cc1.Cl. The maximum Gasteiger partial charge on any atom is 0.233 e. The van der Waals surface area contributed by atoms with Crippen LogP contribution in [0.5, 0.6) is 0 Å². The van der Waals surface area contributed by atoms with E-state index in [0.29, 0.717) is 6.42 Å². The second-order valence-corrected chi connectivity index (χ2v) is 6.09. The standard InChI is InChI=1S/C10H12BrNO3S.ClH/c1-16(14,15)12-10(13)7-4-8-2-5-9(11)6-3-8;/h2-3,5-6H,4,7H2,1H3,(H,12,13);1H. The lowest BCUT2D eigenvalue weighted by molar-refractivity contribution is -0.119. The van der Waals surface area contributed by atoms with Crippen molar-refractivity contribution >= 4 is 44.3 Å². The summed E-state index contributed by atoms with van der Waals surface area (Å²) in [6, 6.07) is 7.53. The first-order valence-electron chi connectivity index (χ1n) is 4.62. The number of rotatable bonds is 4. The van der Waals surface area contributed by atoms with E-state index in [2.05, 4.69) is 15.9 Å². The van der Waals surface area contributed by atoms with E-state index < -0.39 is 15.9 Å². The topological polar surface area (TPSA) is 63.2 Å². The van der Waals surface area contributed by atoms with Gasteiger partial charge in [0.2, 0.25) is 15.9 Å². The zero-order chi connectivity index (χ0) is 12.2. The van der Waals surface area contributed by atoms with E-state index in [4.69, 9.17) is 0 Å². The van der Waals surface area contributed by atoms with Gasteiger partial charge in [0.1, 0.15) is 0 Å². The van der Waals surface area contributed by atoms with Crippen LogP contribution in [-0.4, -0.2) is 20.6 Å². The predicted molar refractivity (Wildman–Crippen MR) is 72.7 cm³/mol. The van der Waals surface area contributed by atoms with E-state index in [9.17, 15) is 13.2 Å². The first-order valence-corrected chi connectivity index (χ1v) is 7.30. The Kier molecular flexibility index (Phi) is 6.74. The summed E-state index contributed by atoms with van der Waals surface area (Å²) in [4.78, 5) is 11.2. The Hall–Kier alpha value is -0.590. The molecule has 0 atom stereocenters. The van der Waals surface area contributed by atoms with Gasteiger partial charge >= 0.3 is 0 Å². The van der Waals surface area contributed by atoms with Crippen LogP contribution in [0.3, 0.4) is 0 Å². The van der Waals surface area contributed by atoms with Crippen molar-refractivity contribution in [2.24, 2.45) is 0 Å². The number of hydrogen-bond acceptors (Lipinski definition) is 3. The van der Waals surface area contributed by atoms with E-state index in [1.807, 2.05) is 29.0 Å². The van der Waals surface area contributed by atoms with Crippen LogP contribution in [0.2, 0.25) is 0 Å². The fourth-order valence-corrected chi connectivity index (χ4v) is 1.95. The average molecular weight is 343 g/mol. The fraction of sp³-hybridized carbons (Fsp3) is 0.300. The van der Waals surface area contributed by atoms with Gasteiger partial charge in [0.05, 0.1) is 6.26 Å². The summed E-state index contributed by atoms with van der Waals surface area (Å²) in [7, 11) is -3.44. The summed E-state index contributed by atoms with van der Waals surface area (Å²) in [5, 5.41) is 0. The van der Waals surface area contributed by atoms with Crippen LogP contribution in [-0.2, 0) is 21.2 Å². The van der Waals surface area contributed by atoms with Crippen LogP contribution < -0.4 is 4.72 Å². The number of aryl methyl sites for hydroxylation is 1. The summed E-state index contributed by atoms with van der Waals surface area (Å²) in [5.41, 5.74) is 0.992. The van der Waals surface area contributed by atoms with Crippen LogP contribution >= 0.6 is 28.3 Å². The molecule has 0 radical (unpaired) electrons. The van der Waals surface area contributed by atoms with Gasteiger partial charge in [-0.15, -0.1) is 12.4 Å². The molecular weight excluding hydrogens is 330 g/mol. The molecule has 4 nitrogen and oxygen atoms in total. The van der Waals surface area contributed by atoms with Crippen molar-refractivity contribution in [3.8, 4) is 0 Å². The molecule has 0 aliphatic carbocycles. The lowest BCUT2D eigenvalue weighted by atomic mass is 10.1. The Morgan fingerprint density at radius 2 is 1.82 bits per heavy atom. The molecule has 0 aromatic heterocycles. The third-order valence-corrected chi connectivity index (χ3v) is 2.98. The molecule has 1 N–H and O–H groups in total. The van der Waals surface area contributed by atoms with Gasteiger partial charge < -0.3 is 0 Å². The highest BCUT2D eigenvalue weighted by Crippen LogP contribution is 2.11. The van der Waals surface area contributed by atoms with Gasteiger partial charge in [0.15, 0.2) is 0 Å². The second-order valence-electron chi connectivity index (χ2n) is 3.42. The fourth-order valence-electron chi connectivity index (χ4n) is 1.17. The van der Waals surface area contributed by atoms with Crippen molar-refractivity contribution in [2.45, 2.75) is 12.8 Å². The van der Waals surface area contributed by atoms with Gasteiger partial charge in [-0.05, 0) is 24.1 Å². The number of benzene rings is 1. The highest BCUT2D eigenvalue weighted by Gasteiger charge is 2.07.